The number of rotatable bonds is 3. The second-order valence-corrected chi connectivity index (χ2v) is 4.96. The molecule has 20 heavy (non-hydrogen) atoms. The van der Waals surface area contributed by atoms with E-state index in [1.54, 1.807) is 6.20 Å². The molecule has 0 aliphatic carbocycles. The fourth-order valence-corrected chi connectivity index (χ4v) is 0.613. The van der Waals surface area contributed by atoms with E-state index in [9.17, 15) is 0 Å². The van der Waals surface area contributed by atoms with Gasteiger partial charge in [0.25, 0.3) is 0 Å². The Kier molecular flexibility index (Phi) is 45.3. The summed E-state index contributed by atoms with van der Waals surface area (Å²) in [6.45, 7) is 13.1. The summed E-state index contributed by atoms with van der Waals surface area (Å²) < 4.78 is 0.884. The van der Waals surface area contributed by atoms with E-state index in [-0.39, 0.29) is 23.9 Å². The predicted octanol–water partition coefficient (Wildman–Crippen LogP) is 6.88. The topological polar surface area (TPSA) is 12.9 Å². The second kappa shape index (κ2) is 31.7. The zero-order valence-corrected chi connectivity index (χ0v) is 18.8. The zero-order chi connectivity index (χ0) is 15.4. The molecule has 0 bridgehead atoms. The number of nitrogens with zero attached hydrogens (tertiary/aromatic N) is 1. The molecule has 0 aliphatic rings. The van der Waals surface area contributed by atoms with Gasteiger partial charge in [0.15, 0.2) is 0 Å². The molecule has 0 saturated heterocycles. The monoisotopic (exact) mass is 451 g/mol. The van der Waals surface area contributed by atoms with Gasteiger partial charge in [-0.1, -0.05) is 86.1 Å². The summed E-state index contributed by atoms with van der Waals surface area (Å²) in [5.41, 5.74) is 0. The molecule has 0 fully saturated rings. The van der Waals surface area contributed by atoms with E-state index >= 15 is 0 Å². The Morgan fingerprint density at radius 3 is 1.20 bits per heavy atom. The molecule has 1 rings (SSSR count). The molecule has 0 unspecified atom stereocenters. The maximum atomic E-state index is 3.90. The summed E-state index contributed by atoms with van der Waals surface area (Å²) in [6.07, 6.45) is 9.66. The molecular weight excluding hydrogens is 417 g/mol. The van der Waals surface area contributed by atoms with Crippen LogP contribution >= 0.6 is 15.9 Å². The number of halogens is 1. The normalized spacial score (nSPS) is 7.55. The smallest absolute Gasteiger partial charge is 0.106 e. The Hall–Kier alpha value is 0.429. The number of hydrogen-bond acceptors (Lipinski definition) is 1. The van der Waals surface area contributed by atoms with Gasteiger partial charge in [-0.3, -0.25) is 0 Å². The largest absolute Gasteiger partial charge is 0.249 e. The van der Waals surface area contributed by atoms with Gasteiger partial charge >= 0.3 is 0 Å². The molecular formula is C17H34BrNSn. The van der Waals surface area contributed by atoms with Crippen molar-refractivity contribution < 1.29 is 0 Å². The van der Waals surface area contributed by atoms with Crippen LogP contribution in [0.5, 0.6) is 0 Å². The Balaban J connectivity index is -0.0000000881. The molecule has 1 nitrogen and oxygen atoms in total. The standard InChI is InChI=1S/C5H4BrN.3C4H10.Sn/c6-5-3-1-2-4-7-5;3*1-3-4-2;/h1-4H;3*3-4H2,1-2H3;. The van der Waals surface area contributed by atoms with Crippen LogP contribution in [0.1, 0.15) is 80.1 Å². The molecule has 1 aromatic rings. The van der Waals surface area contributed by atoms with Crippen molar-refractivity contribution in [2.75, 3.05) is 0 Å². The van der Waals surface area contributed by atoms with Gasteiger partial charge in [0, 0.05) is 30.1 Å². The van der Waals surface area contributed by atoms with Crippen LogP contribution < -0.4 is 0 Å². The van der Waals surface area contributed by atoms with Crippen molar-refractivity contribution in [1.82, 2.24) is 4.98 Å². The maximum Gasteiger partial charge on any atom is 0.106 e. The molecule has 0 N–H and O–H groups in total. The number of pyridine rings is 1. The zero-order valence-electron chi connectivity index (χ0n) is 14.4. The summed E-state index contributed by atoms with van der Waals surface area (Å²) >= 11 is 3.20. The van der Waals surface area contributed by atoms with E-state index in [0.717, 1.165) is 4.60 Å². The fourth-order valence-electron chi connectivity index (χ4n) is 0.342. The predicted molar refractivity (Wildman–Crippen MR) is 99.4 cm³/mol. The van der Waals surface area contributed by atoms with Gasteiger partial charge in [-0.05, 0) is 28.1 Å². The van der Waals surface area contributed by atoms with E-state index in [1.165, 1.54) is 38.5 Å². The van der Waals surface area contributed by atoms with Crippen molar-refractivity contribution in [3.8, 4) is 0 Å². The number of hydrogen-bond donors (Lipinski definition) is 0. The average Bonchev–Trinajstić information content (AvgIpc) is 2.48. The second-order valence-electron chi connectivity index (χ2n) is 4.15. The first-order valence-electron chi connectivity index (χ1n) is 7.70. The van der Waals surface area contributed by atoms with E-state index in [2.05, 4.69) is 62.5 Å². The fraction of sp³-hybridized carbons (Fsp3) is 0.706. The van der Waals surface area contributed by atoms with Crippen LogP contribution in [-0.2, 0) is 0 Å². The van der Waals surface area contributed by atoms with Gasteiger partial charge in [-0.25, -0.2) is 4.98 Å². The molecule has 1 aromatic heterocycles. The SMILES string of the molecule is Brc1ccccn1.CCCC.CCCC.CCCC.[Sn]. The molecule has 118 valence electrons. The number of unbranched alkanes of at least 4 members (excludes halogenated alkanes) is 3. The Labute approximate surface area is 153 Å². The minimum atomic E-state index is 0. The first-order chi connectivity index (χ1) is 9.14. The van der Waals surface area contributed by atoms with Crippen molar-refractivity contribution in [1.29, 1.82) is 0 Å². The van der Waals surface area contributed by atoms with Crippen LogP contribution in [0, 0.1) is 0 Å². The van der Waals surface area contributed by atoms with Gasteiger partial charge < -0.3 is 0 Å². The van der Waals surface area contributed by atoms with Gasteiger partial charge in [0.1, 0.15) is 4.60 Å². The van der Waals surface area contributed by atoms with Crippen LogP contribution in [-0.4, -0.2) is 28.9 Å². The van der Waals surface area contributed by atoms with Crippen LogP contribution in [0.4, 0.5) is 0 Å². The molecule has 1 heterocycles. The molecule has 0 aromatic carbocycles. The van der Waals surface area contributed by atoms with Crippen LogP contribution in [0.2, 0.25) is 0 Å². The Morgan fingerprint density at radius 1 is 0.750 bits per heavy atom. The molecule has 0 aliphatic heterocycles. The quantitative estimate of drug-likeness (QED) is 0.361. The first kappa shape index (κ1) is 28.6. The van der Waals surface area contributed by atoms with E-state index in [4.69, 9.17) is 0 Å². The maximum absolute atomic E-state index is 3.90. The first-order valence-corrected chi connectivity index (χ1v) is 8.50. The van der Waals surface area contributed by atoms with Crippen LogP contribution in [0.3, 0.4) is 0 Å². The van der Waals surface area contributed by atoms with Crippen molar-refractivity contribution in [3.63, 3.8) is 0 Å². The number of aromatic nitrogens is 1. The third-order valence-corrected chi connectivity index (χ3v) is 2.60. The summed E-state index contributed by atoms with van der Waals surface area (Å²) in [7, 11) is 0. The van der Waals surface area contributed by atoms with Gasteiger partial charge in [-0.15, -0.1) is 0 Å². The molecule has 3 heteroatoms. The Morgan fingerprint density at radius 2 is 1.10 bits per heavy atom. The summed E-state index contributed by atoms with van der Waals surface area (Å²) in [5.74, 6) is 0. The van der Waals surface area contributed by atoms with Crippen molar-refractivity contribution in [3.05, 3.63) is 29.0 Å². The molecule has 0 atom stereocenters. The van der Waals surface area contributed by atoms with Gasteiger partial charge in [0.05, 0.1) is 0 Å². The molecule has 0 spiro atoms. The molecule has 0 saturated carbocycles. The van der Waals surface area contributed by atoms with Gasteiger partial charge in [0.2, 0.25) is 0 Å². The average molecular weight is 451 g/mol. The van der Waals surface area contributed by atoms with Crippen LogP contribution in [0.25, 0.3) is 0 Å². The summed E-state index contributed by atoms with van der Waals surface area (Å²) in [4.78, 5) is 3.90. The van der Waals surface area contributed by atoms with Crippen molar-refractivity contribution >= 4 is 39.8 Å². The molecule has 0 amide bonds. The minimum Gasteiger partial charge on any atom is -0.249 e. The van der Waals surface area contributed by atoms with Crippen molar-refractivity contribution in [2.45, 2.75) is 80.1 Å². The van der Waals surface area contributed by atoms with Gasteiger partial charge in [-0.2, -0.15) is 0 Å². The van der Waals surface area contributed by atoms with E-state index in [0.29, 0.717) is 0 Å². The van der Waals surface area contributed by atoms with E-state index in [1.807, 2.05) is 18.2 Å². The van der Waals surface area contributed by atoms with Crippen LogP contribution in [0.15, 0.2) is 29.0 Å². The third kappa shape index (κ3) is 42.9. The van der Waals surface area contributed by atoms with Crippen molar-refractivity contribution in [2.24, 2.45) is 0 Å². The summed E-state index contributed by atoms with van der Waals surface area (Å²) in [5, 5.41) is 0. The third-order valence-electron chi connectivity index (χ3n) is 2.13. The Bertz CT molecular complexity index is 202. The molecule has 4 radical (unpaired) electrons. The summed E-state index contributed by atoms with van der Waals surface area (Å²) in [6, 6.07) is 5.70. The van der Waals surface area contributed by atoms with E-state index < -0.39 is 0 Å². The minimum absolute atomic E-state index is 0.